The number of ether oxygens (including phenoxy) is 4. The van der Waals surface area contributed by atoms with Gasteiger partial charge in [-0.25, -0.2) is 9.97 Å². The first-order chi connectivity index (χ1) is 15.6. The fraction of sp³-hybridized carbons (Fsp3) is 0.435. The van der Waals surface area contributed by atoms with Gasteiger partial charge in [0.05, 0.1) is 49.5 Å². The number of aromatic nitrogens is 3. The molecule has 1 unspecified atom stereocenters. The Morgan fingerprint density at radius 2 is 2.19 bits per heavy atom. The van der Waals surface area contributed by atoms with Gasteiger partial charge >= 0.3 is 0 Å². The van der Waals surface area contributed by atoms with E-state index in [0.29, 0.717) is 38.9 Å². The van der Waals surface area contributed by atoms with Gasteiger partial charge in [-0.05, 0) is 6.07 Å². The van der Waals surface area contributed by atoms with Crippen LogP contribution in [0.2, 0.25) is 0 Å². The Morgan fingerprint density at radius 1 is 1.28 bits per heavy atom. The van der Waals surface area contributed by atoms with E-state index in [4.69, 9.17) is 23.9 Å². The molecule has 2 fully saturated rings. The van der Waals surface area contributed by atoms with Gasteiger partial charge in [0.15, 0.2) is 0 Å². The van der Waals surface area contributed by atoms with Crippen LogP contribution in [-0.2, 0) is 31.0 Å². The van der Waals surface area contributed by atoms with Crippen LogP contribution >= 0.6 is 0 Å². The third kappa shape index (κ3) is 3.24. The number of amides is 1. The van der Waals surface area contributed by atoms with Gasteiger partial charge in [-0.1, -0.05) is 0 Å². The van der Waals surface area contributed by atoms with Gasteiger partial charge in [0.25, 0.3) is 0 Å². The van der Waals surface area contributed by atoms with Gasteiger partial charge in [-0.15, -0.1) is 0 Å². The maximum atomic E-state index is 11.5. The Hall–Kier alpha value is -3.01. The van der Waals surface area contributed by atoms with E-state index < -0.39 is 5.60 Å². The molecule has 0 radical (unpaired) electrons. The molecule has 3 aliphatic rings. The average Bonchev–Trinajstić information content (AvgIpc) is 3.38. The second-order valence-corrected chi connectivity index (χ2v) is 8.50. The van der Waals surface area contributed by atoms with Crippen molar-refractivity contribution in [2.24, 2.45) is 0 Å². The summed E-state index contributed by atoms with van der Waals surface area (Å²) in [6.07, 6.45) is 5.19. The lowest BCUT2D eigenvalue weighted by molar-refractivity contribution is -0.114. The monoisotopic (exact) mass is 436 g/mol. The van der Waals surface area contributed by atoms with Crippen molar-refractivity contribution in [3.8, 4) is 17.0 Å². The third-order valence-corrected chi connectivity index (χ3v) is 6.28. The zero-order valence-electron chi connectivity index (χ0n) is 17.8. The van der Waals surface area contributed by atoms with Crippen molar-refractivity contribution in [1.82, 2.24) is 15.0 Å². The number of fused-ring (bicyclic) bond motifs is 3. The number of nitrogens with one attached hydrogen (secondary N) is 2. The number of nitrogens with zero attached hydrogens (tertiary/aromatic N) is 2. The van der Waals surface area contributed by atoms with E-state index in [1.54, 1.807) is 6.20 Å². The first-order valence-corrected chi connectivity index (χ1v) is 10.9. The van der Waals surface area contributed by atoms with E-state index >= 15 is 0 Å². The summed E-state index contributed by atoms with van der Waals surface area (Å²) >= 11 is 0. The smallest absolute Gasteiger partial charge is 0.222 e. The van der Waals surface area contributed by atoms with Crippen molar-refractivity contribution >= 4 is 22.6 Å². The molecule has 166 valence electrons. The van der Waals surface area contributed by atoms with E-state index in [-0.39, 0.29) is 12.0 Å². The van der Waals surface area contributed by atoms with Gasteiger partial charge in [0.2, 0.25) is 5.91 Å². The molecular formula is C23H24N4O5. The lowest BCUT2D eigenvalue weighted by atomic mass is 9.89. The molecule has 1 atom stereocenters. The molecular weight excluding hydrogens is 412 g/mol. The number of anilines is 1. The number of hydrogen-bond donors (Lipinski definition) is 2. The molecule has 0 aliphatic carbocycles. The molecule has 3 aromatic rings. The summed E-state index contributed by atoms with van der Waals surface area (Å²) in [6.45, 7) is 4.41. The summed E-state index contributed by atoms with van der Waals surface area (Å²) in [7, 11) is 0. The summed E-state index contributed by atoms with van der Waals surface area (Å²) in [6, 6.07) is 3.86. The highest BCUT2D eigenvalue weighted by molar-refractivity contribution is 5.97. The molecule has 0 bridgehead atoms. The number of pyridine rings is 2. The molecule has 9 nitrogen and oxygen atoms in total. The molecule has 0 saturated carbocycles. The molecule has 32 heavy (non-hydrogen) atoms. The van der Waals surface area contributed by atoms with Gasteiger partial charge in [-0.2, -0.15) is 0 Å². The van der Waals surface area contributed by atoms with E-state index in [2.05, 4.69) is 15.3 Å². The fourth-order valence-electron chi connectivity index (χ4n) is 4.62. The Kier molecular flexibility index (Phi) is 4.63. The Balaban J connectivity index is 1.50. The van der Waals surface area contributed by atoms with Gasteiger partial charge in [0, 0.05) is 55.1 Å². The predicted octanol–water partition coefficient (Wildman–Crippen LogP) is 2.55. The van der Waals surface area contributed by atoms with Gasteiger partial charge in [-0.3, -0.25) is 4.79 Å². The zero-order valence-corrected chi connectivity index (χ0v) is 17.8. The fourth-order valence-corrected chi connectivity index (χ4v) is 4.62. The summed E-state index contributed by atoms with van der Waals surface area (Å²) in [5.41, 5.74) is 4.01. The summed E-state index contributed by atoms with van der Waals surface area (Å²) in [5, 5.41) is 3.67. The molecule has 9 heteroatoms. The van der Waals surface area contributed by atoms with E-state index in [9.17, 15) is 4.79 Å². The van der Waals surface area contributed by atoms with Crippen LogP contribution in [0.4, 0.5) is 5.82 Å². The number of carbonyl (C=O) groups excluding carboxylic acids is 1. The topological polar surface area (TPSA) is 108 Å². The maximum absolute atomic E-state index is 11.5. The first kappa shape index (κ1) is 19.7. The van der Waals surface area contributed by atoms with Gasteiger partial charge in [0.1, 0.15) is 23.3 Å². The van der Waals surface area contributed by atoms with Crippen molar-refractivity contribution in [2.75, 3.05) is 38.4 Å². The summed E-state index contributed by atoms with van der Waals surface area (Å²) in [5.74, 6) is 1.16. The normalized spacial score (nSPS) is 22.7. The number of rotatable bonds is 4. The number of carbonyl (C=O) groups is 1. The molecule has 3 aliphatic heterocycles. The highest BCUT2D eigenvalue weighted by Crippen LogP contribution is 2.44. The quantitative estimate of drug-likeness (QED) is 0.647. The Labute approximate surface area is 184 Å². The molecule has 1 spiro atoms. The highest BCUT2D eigenvalue weighted by Gasteiger charge is 2.44. The highest BCUT2D eigenvalue weighted by atomic mass is 16.6. The SMILES string of the molecule is CC(=O)Nc1cc2c(-c3cc(OC4COC4)c4c(n3)C3(CCOC3)OCC4)c[nH]c2cn1. The zero-order chi connectivity index (χ0) is 21.7. The van der Waals surface area contributed by atoms with Crippen molar-refractivity contribution in [2.45, 2.75) is 31.5 Å². The van der Waals surface area contributed by atoms with Crippen LogP contribution in [0, 0.1) is 0 Å². The van der Waals surface area contributed by atoms with Crippen LogP contribution in [0.3, 0.4) is 0 Å². The van der Waals surface area contributed by atoms with E-state index in [1.807, 2.05) is 18.3 Å². The minimum Gasteiger partial charge on any atom is -0.485 e. The molecule has 6 rings (SSSR count). The third-order valence-electron chi connectivity index (χ3n) is 6.28. The van der Waals surface area contributed by atoms with Crippen LogP contribution in [0.15, 0.2) is 24.5 Å². The minimum atomic E-state index is -0.535. The molecule has 1 amide bonds. The Bertz CT molecular complexity index is 1200. The average molecular weight is 436 g/mol. The summed E-state index contributed by atoms with van der Waals surface area (Å²) < 4.78 is 23.6. The molecule has 2 N–H and O–H groups in total. The molecule has 2 saturated heterocycles. The largest absolute Gasteiger partial charge is 0.485 e. The minimum absolute atomic E-state index is 0.0477. The molecule has 0 aromatic carbocycles. The lowest BCUT2D eigenvalue weighted by Crippen LogP contribution is -2.40. The van der Waals surface area contributed by atoms with Crippen LogP contribution < -0.4 is 10.1 Å². The van der Waals surface area contributed by atoms with Crippen LogP contribution in [0.1, 0.15) is 24.6 Å². The van der Waals surface area contributed by atoms with Crippen LogP contribution in [0.5, 0.6) is 5.75 Å². The van der Waals surface area contributed by atoms with E-state index in [0.717, 1.165) is 52.0 Å². The van der Waals surface area contributed by atoms with Crippen molar-refractivity contribution < 1.29 is 23.7 Å². The number of H-pyrrole nitrogens is 1. The second kappa shape index (κ2) is 7.54. The maximum Gasteiger partial charge on any atom is 0.222 e. The summed E-state index contributed by atoms with van der Waals surface area (Å²) in [4.78, 5) is 24.2. The number of hydrogen-bond acceptors (Lipinski definition) is 7. The Morgan fingerprint density at radius 3 is 2.94 bits per heavy atom. The molecule has 3 aromatic heterocycles. The lowest BCUT2D eigenvalue weighted by Gasteiger charge is -2.36. The van der Waals surface area contributed by atoms with Crippen LogP contribution in [-0.4, -0.2) is 60.0 Å². The van der Waals surface area contributed by atoms with E-state index in [1.165, 1.54) is 6.92 Å². The first-order valence-electron chi connectivity index (χ1n) is 10.9. The van der Waals surface area contributed by atoms with Gasteiger partial charge < -0.3 is 29.2 Å². The molecule has 6 heterocycles. The second-order valence-electron chi connectivity index (χ2n) is 8.50. The van der Waals surface area contributed by atoms with Crippen LogP contribution in [0.25, 0.3) is 22.2 Å². The van der Waals surface area contributed by atoms with Crippen molar-refractivity contribution in [3.05, 3.63) is 35.8 Å². The number of aromatic amines is 1. The standard InChI is InChI=1S/C23H24N4O5/c1-13(28)26-21-6-16-17(8-24-19(16)9-25-21)18-7-20(32-14-10-30-11-14)15-2-4-31-23(22(15)27-18)3-5-29-12-23/h6-9,14,24H,2-5,10-12H2,1H3,(H,25,26,28). The predicted molar refractivity (Wildman–Crippen MR) is 116 cm³/mol. The van der Waals surface area contributed by atoms with Crippen molar-refractivity contribution in [1.29, 1.82) is 0 Å². The van der Waals surface area contributed by atoms with Crippen molar-refractivity contribution in [3.63, 3.8) is 0 Å².